The Kier molecular flexibility index (Phi) is 4.11. The van der Waals surface area contributed by atoms with Crippen molar-refractivity contribution in [2.75, 3.05) is 0 Å². The molecule has 0 spiro atoms. The van der Waals surface area contributed by atoms with E-state index in [1.165, 1.54) is 24.6 Å². The summed E-state index contributed by atoms with van der Waals surface area (Å²) >= 11 is 1.53. The van der Waals surface area contributed by atoms with E-state index in [-0.39, 0.29) is 0 Å². The third kappa shape index (κ3) is 3.03. The molecule has 0 bridgehead atoms. The second-order valence-corrected chi connectivity index (χ2v) is 6.09. The predicted molar refractivity (Wildman–Crippen MR) is 70.4 cm³/mol. The highest BCUT2D eigenvalue weighted by Gasteiger charge is 2.39. The molecule has 0 radical (unpaired) electrons. The van der Waals surface area contributed by atoms with Crippen molar-refractivity contribution in [1.29, 1.82) is 0 Å². The Morgan fingerprint density at radius 3 is 2.18 bits per heavy atom. The molecule has 0 amide bonds. The molecular weight excluding hydrogens is 232 g/mol. The van der Waals surface area contributed by atoms with Crippen molar-refractivity contribution >= 4 is 17.7 Å². The number of carboxylic acid groups (broad SMARTS) is 1. The van der Waals surface area contributed by atoms with E-state index in [0.29, 0.717) is 0 Å². The molecule has 2 nitrogen and oxygen atoms in total. The van der Waals surface area contributed by atoms with E-state index < -0.39 is 10.7 Å². The number of benzene rings is 1. The van der Waals surface area contributed by atoms with Crippen LogP contribution in [0.15, 0.2) is 35.2 Å². The van der Waals surface area contributed by atoms with Gasteiger partial charge in [-0.1, -0.05) is 43.9 Å². The number of hydrogen-bond acceptors (Lipinski definition) is 2. The van der Waals surface area contributed by atoms with Gasteiger partial charge in [0.2, 0.25) is 0 Å². The first-order valence-electron chi connectivity index (χ1n) is 6.20. The van der Waals surface area contributed by atoms with Gasteiger partial charge in [-0.25, -0.2) is 0 Å². The zero-order valence-corrected chi connectivity index (χ0v) is 10.7. The van der Waals surface area contributed by atoms with Crippen molar-refractivity contribution in [1.82, 2.24) is 0 Å². The van der Waals surface area contributed by atoms with Gasteiger partial charge in [-0.15, -0.1) is 11.8 Å². The Morgan fingerprint density at radius 1 is 1.06 bits per heavy atom. The van der Waals surface area contributed by atoms with Crippen molar-refractivity contribution in [2.45, 2.75) is 48.2 Å². The lowest BCUT2D eigenvalue weighted by Gasteiger charge is -2.27. The van der Waals surface area contributed by atoms with E-state index in [1.807, 2.05) is 30.3 Å². The number of carboxylic acids is 1. The molecule has 92 valence electrons. The van der Waals surface area contributed by atoms with Crippen LogP contribution in [0.2, 0.25) is 0 Å². The molecule has 0 aromatic heterocycles. The van der Waals surface area contributed by atoms with E-state index in [2.05, 4.69) is 0 Å². The first-order chi connectivity index (χ1) is 8.23. The minimum Gasteiger partial charge on any atom is -0.480 e. The molecule has 0 heterocycles. The summed E-state index contributed by atoms with van der Waals surface area (Å²) in [5, 5.41) is 9.55. The van der Waals surface area contributed by atoms with Gasteiger partial charge >= 0.3 is 5.97 Å². The second kappa shape index (κ2) is 5.58. The molecule has 1 N–H and O–H groups in total. The summed E-state index contributed by atoms with van der Waals surface area (Å²) in [5.74, 6) is -0.645. The highest BCUT2D eigenvalue weighted by atomic mass is 32.2. The quantitative estimate of drug-likeness (QED) is 0.825. The number of rotatable bonds is 3. The van der Waals surface area contributed by atoms with Crippen molar-refractivity contribution in [3.8, 4) is 0 Å². The van der Waals surface area contributed by atoms with Gasteiger partial charge < -0.3 is 5.11 Å². The maximum absolute atomic E-state index is 11.6. The lowest BCUT2D eigenvalue weighted by molar-refractivity contribution is -0.140. The number of aliphatic carboxylic acids is 1. The van der Waals surface area contributed by atoms with Gasteiger partial charge in [0.05, 0.1) is 0 Å². The van der Waals surface area contributed by atoms with Crippen LogP contribution < -0.4 is 0 Å². The van der Waals surface area contributed by atoms with Crippen molar-refractivity contribution < 1.29 is 9.90 Å². The third-order valence-electron chi connectivity index (χ3n) is 3.36. The average Bonchev–Trinajstić information content (AvgIpc) is 2.57. The van der Waals surface area contributed by atoms with Crippen LogP contribution in [0, 0.1) is 0 Å². The van der Waals surface area contributed by atoms with Gasteiger partial charge in [0.15, 0.2) is 0 Å². The lowest BCUT2D eigenvalue weighted by atomic mass is 9.99. The van der Waals surface area contributed by atoms with Gasteiger partial charge in [0, 0.05) is 4.90 Å². The molecule has 0 saturated heterocycles. The SMILES string of the molecule is O=C(O)C1(Sc2ccccc2)CCCCCC1. The molecule has 1 saturated carbocycles. The molecule has 1 aliphatic carbocycles. The van der Waals surface area contributed by atoms with Crippen LogP contribution in [0.1, 0.15) is 38.5 Å². The topological polar surface area (TPSA) is 37.3 Å². The Bertz CT molecular complexity index is 367. The monoisotopic (exact) mass is 250 g/mol. The molecule has 2 rings (SSSR count). The first-order valence-corrected chi connectivity index (χ1v) is 7.02. The van der Waals surface area contributed by atoms with Gasteiger partial charge in [-0.2, -0.15) is 0 Å². The summed E-state index contributed by atoms with van der Waals surface area (Å²) in [6.45, 7) is 0. The van der Waals surface area contributed by atoms with Gasteiger partial charge in [-0.05, 0) is 25.0 Å². The van der Waals surface area contributed by atoms with Crippen LogP contribution >= 0.6 is 11.8 Å². The van der Waals surface area contributed by atoms with Gasteiger partial charge in [-0.3, -0.25) is 4.79 Å². The largest absolute Gasteiger partial charge is 0.480 e. The number of thioether (sulfide) groups is 1. The molecule has 0 unspecified atom stereocenters. The zero-order chi connectivity index (χ0) is 12.1. The Balaban J connectivity index is 2.19. The van der Waals surface area contributed by atoms with Crippen LogP contribution in [0.4, 0.5) is 0 Å². The smallest absolute Gasteiger partial charge is 0.320 e. The fourth-order valence-corrected chi connectivity index (χ4v) is 3.70. The maximum atomic E-state index is 11.6. The van der Waals surface area contributed by atoms with E-state index >= 15 is 0 Å². The summed E-state index contributed by atoms with van der Waals surface area (Å²) in [5.41, 5.74) is 0. The average molecular weight is 250 g/mol. The molecule has 1 aromatic rings. The van der Waals surface area contributed by atoms with Gasteiger partial charge in [0.25, 0.3) is 0 Å². The van der Waals surface area contributed by atoms with E-state index in [1.54, 1.807) is 0 Å². The van der Waals surface area contributed by atoms with Crippen molar-refractivity contribution in [3.05, 3.63) is 30.3 Å². The Labute approximate surface area is 106 Å². The number of hydrogen-bond donors (Lipinski definition) is 1. The standard InChI is InChI=1S/C14H18O2S/c15-13(16)14(10-6-1-2-7-11-14)17-12-8-4-3-5-9-12/h3-5,8-9H,1-2,6-7,10-11H2,(H,15,16). The van der Waals surface area contributed by atoms with Gasteiger partial charge in [0.1, 0.15) is 4.75 Å². The van der Waals surface area contributed by atoms with E-state index in [0.717, 1.165) is 30.6 Å². The fourth-order valence-electron chi connectivity index (χ4n) is 2.37. The molecule has 3 heteroatoms. The molecular formula is C14H18O2S. The highest BCUT2D eigenvalue weighted by molar-refractivity contribution is 8.01. The van der Waals surface area contributed by atoms with Crippen LogP contribution in [0.25, 0.3) is 0 Å². The fraction of sp³-hybridized carbons (Fsp3) is 0.500. The van der Waals surface area contributed by atoms with Crippen molar-refractivity contribution in [2.24, 2.45) is 0 Å². The minimum absolute atomic E-state index is 0.599. The lowest BCUT2D eigenvalue weighted by Crippen LogP contribution is -2.34. The Morgan fingerprint density at radius 2 is 1.65 bits per heavy atom. The van der Waals surface area contributed by atoms with Crippen LogP contribution in [-0.2, 0) is 4.79 Å². The number of carbonyl (C=O) groups is 1. The summed E-state index contributed by atoms with van der Waals surface area (Å²) in [6, 6.07) is 9.90. The normalized spacial score (nSPS) is 19.5. The van der Waals surface area contributed by atoms with E-state index in [9.17, 15) is 9.90 Å². The van der Waals surface area contributed by atoms with Crippen LogP contribution in [0.5, 0.6) is 0 Å². The van der Waals surface area contributed by atoms with Crippen LogP contribution in [-0.4, -0.2) is 15.8 Å². The minimum atomic E-state index is -0.645. The summed E-state index contributed by atoms with van der Waals surface area (Å²) in [6.07, 6.45) is 6.00. The molecule has 1 fully saturated rings. The molecule has 17 heavy (non-hydrogen) atoms. The highest BCUT2D eigenvalue weighted by Crippen LogP contribution is 2.43. The van der Waals surface area contributed by atoms with E-state index in [4.69, 9.17) is 0 Å². The van der Waals surface area contributed by atoms with Crippen LogP contribution in [0.3, 0.4) is 0 Å². The first kappa shape index (κ1) is 12.5. The predicted octanol–water partition coefficient (Wildman–Crippen LogP) is 3.96. The zero-order valence-electron chi connectivity index (χ0n) is 9.89. The summed E-state index contributed by atoms with van der Waals surface area (Å²) < 4.78 is -0.599. The molecule has 1 aromatic carbocycles. The third-order valence-corrected chi connectivity index (χ3v) is 4.84. The molecule has 0 atom stereocenters. The second-order valence-electron chi connectivity index (χ2n) is 4.63. The van der Waals surface area contributed by atoms with Crippen molar-refractivity contribution in [3.63, 3.8) is 0 Å². The summed E-state index contributed by atoms with van der Waals surface area (Å²) in [4.78, 5) is 12.7. The summed E-state index contributed by atoms with van der Waals surface area (Å²) in [7, 11) is 0. The maximum Gasteiger partial charge on any atom is 0.320 e. The molecule has 1 aliphatic rings. The Hall–Kier alpha value is -0.960. The molecule has 0 aliphatic heterocycles.